The van der Waals surface area contributed by atoms with E-state index in [1.807, 2.05) is 33.9 Å². The van der Waals surface area contributed by atoms with Gasteiger partial charge in [0.25, 0.3) is 0 Å². The van der Waals surface area contributed by atoms with Gasteiger partial charge in [-0.25, -0.2) is 47.9 Å². The Morgan fingerprint density at radius 2 is 0.630 bits per heavy atom. The second-order valence-corrected chi connectivity index (χ2v) is 41.4. The van der Waals surface area contributed by atoms with Gasteiger partial charge < -0.3 is 116 Å². The normalized spacial score (nSPS) is 24.2. The summed E-state index contributed by atoms with van der Waals surface area (Å²) in [5.74, 6) is -5.12. The van der Waals surface area contributed by atoms with Crippen molar-refractivity contribution in [1.82, 2.24) is 26.6 Å². The molecular weight excluding hydrogens is 1900 g/mol. The number of carbonyl (C=O) groups is 10. The Hall–Kier alpha value is -15.0. The second kappa shape index (κ2) is 50.0. The molecule has 11 aromatic carbocycles. The van der Waals surface area contributed by atoms with Gasteiger partial charge in [0.1, 0.15) is 87.8 Å². The second-order valence-electron chi connectivity index (χ2n) is 36.6. The highest BCUT2D eigenvalue weighted by atomic mass is 28.4. The molecule has 5 amide bonds. The zero-order chi connectivity index (χ0) is 102. The number of hydrogen-bond acceptors (Lipinski definition) is 29. The first-order chi connectivity index (χ1) is 70.9. The number of fused-ring (bicyclic) bond motifs is 1. The van der Waals surface area contributed by atoms with Gasteiger partial charge in [-0.15, -0.1) is 0 Å². The van der Waals surface area contributed by atoms with Crippen LogP contribution in [0.2, 0.25) is 18.1 Å². The van der Waals surface area contributed by atoms with Crippen molar-refractivity contribution < 1.29 is 138 Å². The molecule has 760 valence electrons. The lowest BCUT2D eigenvalue weighted by molar-refractivity contribution is -0.357. The Bertz CT molecular complexity index is 6110. The summed E-state index contributed by atoms with van der Waals surface area (Å²) in [7, 11) is -3.12. The zero-order valence-corrected chi connectivity index (χ0v) is 81.5. The third kappa shape index (κ3) is 27.9. The minimum atomic E-state index is -3.12. The van der Waals surface area contributed by atoms with Crippen LogP contribution >= 0.6 is 0 Å². The van der Waals surface area contributed by atoms with Crippen LogP contribution in [0, 0.1) is 0 Å². The Morgan fingerprint density at radius 3 is 1.03 bits per heavy atom. The number of rotatable bonds is 36. The van der Waals surface area contributed by atoms with E-state index < -0.39 is 216 Å². The van der Waals surface area contributed by atoms with Crippen molar-refractivity contribution in [2.24, 2.45) is 0 Å². The van der Waals surface area contributed by atoms with Crippen LogP contribution in [0.25, 0.3) is 0 Å². The van der Waals surface area contributed by atoms with Gasteiger partial charge in [-0.2, -0.15) is 0 Å². The molecule has 4 saturated heterocycles. The molecule has 5 fully saturated rings. The van der Waals surface area contributed by atoms with Gasteiger partial charge >= 0.3 is 60.3 Å². The van der Waals surface area contributed by atoms with E-state index in [2.05, 4.69) is 26.6 Å². The van der Waals surface area contributed by atoms with Crippen molar-refractivity contribution in [2.75, 3.05) is 19.8 Å². The van der Waals surface area contributed by atoms with Crippen molar-refractivity contribution >= 4 is 68.6 Å². The lowest BCUT2D eigenvalue weighted by Crippen LogP contribution is -2.71. The summed E-state index contributed by atoms with van der Waals surface area (Å²) in [5, 5.41) is 13.8. The summed E-state index contributed by atoms with van der Waals surface area (Å²) in [6.07, 6.45) is -35.5. The van der Waals surface area contributed by atoms with Gasteiger partial charge in [-0.1, -0.05) is 294 Å². The van der Waals surface area contributed by atoms with E-state index in [0.717, 1.165) is 0 Å². The quantitative estimate of drug-likeness (QED) is 0.0138. The third-order valence-electron chi connectivity index (χ3n) is 25.5. The Balaban J connectivity index is 0.885. The molecule has 11 aromatic rings. The number of carbonyl (C=O) groups excluding carboxylic acids is 10. The van der Waals surface area contributed by atoms with Crippen LogP contribution in [0.15, 0.2) is 334 Å². The third-order valence-corrected chi connectivity index (χ3v) is 30.0. The predicted molar refractivity (Wildman–Crippen MR) is 525 cm³/mol. The molecule has 5 aliphatic rings. The summed E-state index contributed by atoms with van der Waals surface area (Å²) in [6, 6.07) is 84.1. The van der Waals surface area contributed by atoms with E-state index in [-0.39, 0.29) is 67.5 Å². The first-order valence-electron chi connectivity index (χ1n) is 47.9. The minimum absolute atomic E-state index is 0.00535. The lowest BCUT2D eigenvalue weighted by atomic mass is 9.83. The van der Waals surface area contributed by atoms with E-state index in [9.17, 15) is 4.79 Å². The largest absolute Gasteiger partial charge is 0.454 e. The zero-order valence-electron chi connectivity index (χ0n) is 80.5. The molecule has 1 saturated carbocycles. The highest BCUT2D eigenvalue weighted by Gasteiger charge is 2.62. The maximum Gasteiger partial charge on any atom is 0.407 e. The average molecular weight is 2010 g/mol. The van der Waals surface area contributed by atoms with Gasteiger partial charge in [0.05, 0.1) is 59.7 Å². The molecule has 20 atom stereocenters. The highest BCUT2D eigenvalue weighted by molar-refractivity contribution is 6.74. The molecule has 0 aromatic heterocycles. The molecule has 4 aliphatic heterocycles. The number of amides is 5. The monoisotopic (exact) mass is 2010 g/mol. The first kappa shape index (κ1) is 104. The standard InChI is InChI=1S/C111H113N5O29Si/c1-111(2,3)146(4,5)133-69-85-92(144-103-86(115-109(125)131-66-73-45-23-9-24-46-73)93(139-99(119)77-53-31-13-32-54-77)90(138-98(118)76-51-29-12-30-52-76)83(134-103)62-112-106(122)128-63-70-39-17-6-18-40-70)96(141-101(121)79-57-35-15-36-58-79)105(136-85)145-95-88(137-97(117)75-49-27-11-28-50-75)81(113-107(123)129-64-71-41-19-7-20-42-71)61-82(114-108(124)130-65-72-43-21-8-22-44-72)89(95)142-104-87(116-110(126)132-67-74-47-25-10-26-48-74)94(140-100(120)78-55-33-14-34-56-78)91-84(135-104)68-127-102(143-91)80-59-37-16-38-60-80/h6-60,81-96,102-105H,61-69H2,1-5H3,(H,112,122)(H,113,123)(H,114,124)(H,115,125)(H,116,126). The Labute approximate surface area is 843 Å². The van der Waals surface area contributed by atoms with Crippen molar-refractivity contribution in [2.45, 2.75) is 201 Å². The molecule has 0 radical (unpaired) electrons. The van der Waals surface area contributed by atoms with E-state index in [1.165, 1.54) is 60.7 Å². The number of esters is 5. The van der Waals surface area contributed by atoms with Crippen LogP contribution in [-0.4, -0.2) is 205 Å². The van der Waals surface area contributed by atoms with Gasteiger partial charge in [-0.3, -0.25) is 0 Å². The van der Waals surface area contributed by atoms with Gasteiger partial charge in [-0.05, 0) is 113 Å². The molecule has 1 aliphatic carbocycles. The summed E-state index contributed by atoms with van der Waals surface area (Å²) < 4.78 is 129. The maximum absolute atomic E-state index is 16.0. The van der Waals surface area contributed by atoms with Crippen LogP contribution in [0.4, 0.5) is 24.0 Å². The van der Waals surface area contributed by atoms with Crippen molar-refractivity contribution in [3.8, 4) is 0 Å². The summed E-state index contributed by atoms with van der Waals surface area (Å²) in [6.45, 7) is 6.74. The van der Waals surface area contributed by atoms with Crippen LogP contribution in [-0.2, 0) is 123 Å². The SMILES string of the molecule is CC(C)(C)[Si](C)(C)OCC1OC(OC2C(OC(=O)c3ccccc3)C(NC(=O)OCc3ccccc3)CC(NC(=O)OCc3ccccc3)C2OC2OC3COC(c4ccccc4)OC3C(OC(=O)c3ccccc3)C2NC(=O)OCc2ccccc2)C(OC(=O)c2ccccc2)C1OC1OC(CNC(=O)OCc2ccccc2)C(OC(=O)c2ccccc2)C(OC(=O)c2ccccc2)C1NC(=O)OCc1ccccc1. The molecule has 4 heterocycles. The molecule has 20 unspecified atom stereocenters. The van der Waals surface area contributed by atoms with Gasteiger partial charge in [0, 0.05) is 5.56 Å². The number of benzene rings is 11. The summed E-state index contributed by atoms with van der Waals surface area (Å²) in [5.41, 5.74) is 3.19. The molecule has 5 N–H and O–H groups in total. The van der Waals surface area contributed by atoms with Crippen LogP contribution in [0.3, 0.4) is 0 Å². The first-order valence-corrected chi connectivity index (χ1v) is 50.8. The Kier molecular flexibility index (Phi) is 35.6. The van der Waals surface area contributed by atoms with E-state index in [4.69, 9.17) is 89.7 Å². The molecule has 16 rings (SSSR count). The fourth-order valence-corrected chi connectivity index (χ4v) is 18.0. The van der Waals surface area contributed by atoms with Gasteiger partial charge in [0.2, 0.25) is 0 Å². The van der Waals surface area contributed by atoms with Crippen molar-refractivity contribution in [3.63, 3.8) is 0 Å². The fourth-order valence-electron chi connectivity index (χ4n) is 16.9. The van der Waals surface area contributed by atoms with E-state index in [0.29, 0.717) is 33.4 Å². The van der Waals surface area contributed by atoms with Crippen molar-refractivity contribution in [3.05, 3.63) is 395 Å². The molecular formula is C111H113N5O29Si. The lowest BCUT2D eigenvalue weighted by Gasteiger charge is -2.51. The Morgan fingerprint density at radius 1 is 0.315 bits per heavy atom. The maximum atomic E-state index is 16.0. The minimum Gasteiger partial charge on any atom is -0.454 e. The van der Waals surface area contributed by atoms with Crippen LogP contribution in [0.1, 0.15) is 119 Å². The fraction of sp³-hybridized carbons (Fsp3) is 0.315. The molecule has 0 spiro atoms. The highest BCUT2D eigenvalue weighted by Crippen LogP contribution is 2.44. The smallest absolute Gasteiger partial charge is 0.407 e. The number of hydrogen-bond donors (Lipinski definition) is 5. The van der Waals surface area contributed by atoms with Gasteiger partial charge in [0.15, 0.2) is 64.0 Å². The average Bonchev–Trinajstić information content (AvgIpc) is 1.73. The molecule has 34 nitrogen and oxygen atoms in total. The topological polar surface area (TPSA) is 406 Å². The number of alkyl carbamates (subject to hydrolysis) is 5. The predicted octanol–water partition coefficient (Wildman–Crippen LogP) is 16.1. The van der Waals surface area contributed by atoms with E-state index >= 15 is 43.2 Å². The molecule has 0 bridgehead atoms. The van der Waals surface area contributed by atoms with Crippen molar-refractivity contribution in [1.29, 1.82) is 0 Å². The number of nitrogens with one attached hydrogen (secondary N) is 5. The molecule has 35 heteroatoms. The van der Waals surface area contributed by atoms with Crippen LogP contribution < -0.4 is 26.6 Å². The summed E-state index contributed by atoms with van der Waals surface area (Å²) >= 11 is 0. The number of ether oxygens (including phenoxy) is 18. The summed E-state index contributed by atoms with van der Waals surface area (Å²) in [4.78, 5) is 153. The molecule has 146 heavy (non-hydrogen) atoms. The van der Waals surface area contributed by atoms with Crippen LogP contribution in [0.5, 0.6) is 0 Å². The van der Waals surface area contributed by atoms with E-state index in [1.54, 1.807) is 273 Å².